The molecule has 3 aromatic heterocycles. The van der Waals surface area contributed by atoms with Gasteiger partial charge in [-0.2, -0.15) is 0 Å². The normalized spacial score (nSPS) is 13.3. The Morgan fingerprint density at radius 2 is 1.06 bits per heavy atom. The summed E-state index contributed by atoms with van der Waals surface area (Å²) in [5, 5.41) is 0. The smallest absolute Gasteiger partial charge is 0.657 e. The van der Waals surface area contributed by atoms with E-state index in [1.54, 1.807) is 24.3 Å². The molecule has 8 bridgehead atoms. The third kappa shape index (κ3) is 6.01. The molecule has 1 aliphatic carbocycles. The van der Waals surface area contributed by atoms with Crippen molar-refractivity contribution in [2.45, 2.75) is 20.0 Å². The molecule has 53 heavy (non-hydrogen) atoms. The van der Waals surface area contributed by atoms with Gasteiger partial charge in [-0.25, -0.2) is 9.97 Å². The number of carbonyl (C=O) groups is 2. The quantitative estimate of drug-likeness (QED) is 0.162. The summed E-state index contributed by atoms with van der Waals surface area (Å²) >= 11 is 0. The molecule has 0 spiro atoms. The number of rotatable bonds is 5. The summed E-state index contributed by atoms with van der Waals surface area (Å²) in [5.74, 6) is -0.704. The van der Waals surface area contributed by atoms with Gasteiger partial charge in [0.05, 0.1) is 34.5 Å². The third-order valence-corrected chi connectivity index (χ3v) is 9.24. The molecule has 8 heteroatoms. The van der Waals surface area contributed by atoms with Crippen LogP contribution in [-0.2, 0) is 24.2 Å². The molecule has 0 atom stereocenters. The van der Waals surface area contributed by atoms with Crippen molar-refractivity contribution in [3.05, 3.63) is 160 Å². The van der Waals surface area contributed by atoms with Crippen molar-refractivity contribution in [1.29, 1.82) is 0 Å². The zero-order chi connectivity index (χ0) is 35.3. The summed E-state index contributed by atoms with van der Waals surface area (Å²) in [6, 6.07) is 36.6. The molecule has 0 amide bonds. The maximum Gasteiger partial charge on any atom is 2.00 e. The number of carbonyl (C=O) groups excluding carboxylic acids is 2. The van der Waals surface area contributed by atoms with Gasteiger partial charge in [0, 0.05) is 16.7 Å². The number of fused-ring (bicyclic) bond motifs is 9. The van der Waals surface area contributed by atoms with Crippen LogP contribution in [0.15, 0.2) is 121 Å². The number of allylic oxidation sites excluding steroid dienone is 2. The van der Waals surface area contributed by atoms with E-state index >= 15 is 0 Å². The standard InChI is InChI=1S/C45H32N4O3.Zn/c1-26(2)52-45-42(43(50)31-15-9-10-16-32(31)44(45)51)41-37-23-21-35(48-37)39(27-11-5-3-6-12-27)33-19-17-29(46-33)25-30-18-20-34(47-30)40(28-13-7-4-8-14-28)36-22-24-38(41)49-36;/h3-26H,1-2H3,(H2,46,47,48,49,50,51);/q;+2/p-2. The third-order valence-electron chi connectivity index (χ3n) is 9.24. The van der Waals surface area contributed by atoms with Crippen LogP contribution in [0.3, 0.4) is 0 Å². The predicted molar refractivity (Wildman–Crippen MR) is 206 cm³/mol. The molecule has 0 N–H and O–H groups in total. The van der Waals surface area contributed by atoms with Crippen LogP contribution in [0.1, 0.15) is 62.9 Å². The van der Waals surface area contributed by atoms with Crippen molar-refractivity contribution in [1.82, 2.24) is 19.9 Å². The molecule has 0 saturated carbocycles. The fourth-order valence-electron chi connectivity index (χ4n) is 7.01. The number of benzene rings is 3. The Hall–Kier alpha value is -6.24. The SMILES string of the molecule is CC(C)OC1=C(c2c3nc(c(-c4ccccc4)c4ccc(cc5nc(c(-c6ccccc6)c6ccc2[n-]6)C=C5)[n-]4)C=C3)C(=O)c2ccccc2C1=O.[Zn+2]. The summed E-state index contributed by atoms with van der Waals surface area (Å²) in [5.41, 5.74) is 9.98. The summed E-state index contributed by atoms with van der Waals surface area (Å²) in [6.07, 6.45) is 7.38. The van der Waals surface area contributed by atoms with Gasteiger partial charge in [0.15, 0.2) is 11.5 Å². The first kappa shape index (κ1) is 33.9. The molecule has 3 aromatic carbocycles. The second-order valence-electron chi connectivity index (χ2n) is 13.0. The Morgan fingerprint density at radius 1 is 0.547 bits per heavy atom. The number of nitrogens with zero attached hydrogens (tertiary/aromatic N) is 4. The van der Waals surface area contributed by atoms with Crippen LogP contribution in [0.5, 0.6) is 0 Å². The van der Waals surface area contributed by atoms with Crippen LogP contribution in [-0.4, -0.2) is 27.6 Å². The largest absolute Gasteiger partial charge is 2.00 e. The Morgan fingerprint density at radius 3 is 1.70 bits per heavy atom. The Bertz CT molecular complexity index is 2680. The molecule has 5 heterocycles. The zero-order valence-corrected chi connectivity index (χ0v) is 32.0. The molecule has 6 aromatic rings. The van der Waals surface area contributed by atoms with E-state index < -0.39 is 0 Å². The van der Waals surface area contributed by atoms with Crippen molar-refractivity contribution < 1.29 is 33.8 Å². The predicted octanol–water partition coefficient (Wildman–Crippen LogP) is 9.46. The molecule has 0 saturated heterocycles. The molecule has 7 nitrogen and oxygen atoms in total. The fraction of sp³-hybridized carbons (Fsp3) is 0.0667. The van der Waals surface area contributed by atoms with E-state index in [4.69, 9.17) is 24.7 Å². The monoisotopic (exact) mass is 738 g/mol. The molecule has 2 aliphatic heterocycles. The number of ether oxygens (including phenoxy) is 1. The average Bonchev–Trinajstić information content (AvgIpc) is 4.00. The van der Waals surface area contributed by atoms with Gasteiger partial charge in [0.1, 0.15) is 0 Å². The zero-order valence-electron chi connectivity index (χ0n) is 29.1. The van der Waals surface area contributed by atoms with Gasteiger partial charge in [0.2, 0.25) is 5.78 Å². The van der Waals surface area contributed by atoms with Gasteiger partial charge in [-0.1, -0.05) is 115 Å². The molecule has 9 rings (SSSR count). The van der Waals surface area contributed by atoms with Crippen LogP contribution in [0, 0.1) is 0 Å². The molecule has 3 aliphatic rings. The van der Waals surface area contributed by atoms with Gasteiger partial charge >= 0.3 is 19.5 Å². The van der Waals surface area contributed by atoms with Crippen molar-refractivity contribution in [3.8, 4) is 22.3 Å². The van der Waals surface area contributed by atoms with E-state index in [0.717, 1.165) is 44.7 Å². The van der Waals surface area contributed by atoms with Crippen molar-refractivity contribution >= 4 is 63.5 Å². The van der Waals surface area contributed by atoms with E-state index in [1.165, 1.54) is 0 Å². The Balaban J connectivity index is 0.00000400. The number of hydrogen-bond acceptors (Lipinski definition) is 5. The first-order valence-corrected chi connectivity index (χ1v) is 17.2. The average molecular weight is 740 g/mol. The van der Waals surface area contributed by atoms with Crippen LogP contribution in [0.25, 0.3) is 74.2 Å². The minimum absolute atomic E-state index is 0. The van der Waals surface area contributed by atoms with Crippen molar-refractivity contribution in [2.24, 2.45) is 0 Å². The molecule has 0 unspecified atom stereocenters. The summed E-state index contributed by atoms with van der Waals surface area (Å²) in [7, 11) is 0. The second-order valence-corrected chi connectivity index (χ2v) is 13.0. The Labute approximate surface area is 318 Å². The molecular weight excluding hydrogens is 710 g/mol. The van der Waals surface area contributed by atoms with Gasteiger partial charge in [0.25, 0.3) is 0 Å². The summed E-state index contributed by atoms with van der Waals surface area (Å²) < 4.78 is 6.25. The van der Waals surface area contributed by atoms with E-state index in [1.807, 2.05) is 129 Å². The summed E-state index contributed by atoms with van der Waals surface area (Å²) in [6.45, 7) is 3.68. The molecule has 0 radical (unpaired) electrons. The minimum Gasteiger partial charge on any atom is -0.657 e. The molecular formula is C45H30N4O3Zn. The number of hydrogen-bond donors (Lipinski definition) is 0. The maximum atomic E-state index is 14.7. The van der Waals surface area contributed by atoms with E-state index in [0.29, 0.717) is 39.1 Å². The van der Waals surface area contributed by atoms with Gasteiger partial charge in [-0.3, -0.25) is 9.59 Å². The topological polar surface area (TPSA) is 97.3 Å². The van der Waals surface area contributed by atoms with Crippen molar-refractivity contribution in [2.75, 3.05) is 0 Å². The second kappa shape index (κ2) is 13.7. The summed E-state index contributed by atoms with van der Waals surface area (Å²) in [4.78, 5) is 49.3. The van der Waals surface area contributed by atoms with Crippen LogP contribution < -0.4 is 9.97 Å². The van der Waals surface area contributed by atoms with E-state index in [9.17, 15) is 9.59 Å². The Kier molecular flexibility index (Phi) is 8.77. The van der Waals surface area contributed by atoms with E-state index in [-0.39, 0.29) is 48.5 Å². The van der Waals surface area contributed by atoms with Crippen LogP contribution >= 0.6 is 0 Å². The van der Waals surface area contributed by atoms with Gasteiger partial charge < -0.3 is 14.7 Å². The first-order valence-electron chi connectivity index (χ1n) is 17.2. The first-order chi connectivity index (χ1) is 25.4. The van der Waals surface area contributed by atoms with E-state index in [2.05, 4.69) is 0 Å². The maximum absolute atomic E-state index is 14.7. The van der Waals surface area contributed by atoms with Gasteiger partial charge in [-0.05, 0) is 60.4 Å². The minimum atomic E-state index is -0.381. The number of Topliss-reactive ketones (excluding diaryl/α,β-unsaturated/α-hetero) is 2. The van der Waals surface area contributed by atoms with Crippen molar-refractivity contribution in [3.63, 3.8) is 0 Å². The molecule has 0 fully saturated rings. The number of ketones is 2. The molecule has 250 valence electrons. The van der Waals surface area contributed by atoms with Gasteiger partial charge in [-0.15, -0.1) is 22.1 Å². The van der Waals surface area contributed by atoms with Crippen LogP contribution in [0.2, 0.25) is 0 Å². The fourth-order valence-corrected chi connectivity index (χ4v) is 7.01. The number of aromatic nitrogens is 4. The van der Waals surface area contributed by atoms with Crippen LogP contribution in [0.4, 0.5) is 0 Å².